The summed E-state index contributed by atoms with van der Waals surface area (Å²) in [4.78, 5) is 11.9. The first-order chi connectivity index (χ1) is 10.9. The van der Waals surface area contributed by atoms with Gasteiger partial charge in [0.15, 0.2) is 0 Å². The number of carbonyl (C=O) groups is 1. The third-order valence-corrected chi connectivity index (χ3v) is 5.61. The second kappa shape index (κ2) is 7.49. The molecule has 0 saturated carbocycles. The first-order valence-electron chi connectivity index (χ1n) is 7.48. The molecule has 1 aromatic rings. The van der Waals surface area contributed by atoms with E-state index >= 15 is 0 Å². The third kappa shape index (κ3) is 4.47. The number of terminal acetylenes is 1. The Kier molecular flexibility index (Phi) is 5.64. The van der Waals surface area contributed by atoms with E-state index in [1.807, 2.05) is 6.92 Å². The Balaban J connectivity index is 2.04. The van der Waals surface area contributed by atoms with Crippen LogP contribution in [-0.2, 0) is 10.0 Å². The molecule has 1 aromatic carbocycles. The van der Waals surface area contributed by atoms with Gasteiger partial charge in [-0.25, -0.2) is 13.2 Å². The smallest absolute Gasteiger partial charge is 0.315 e. The fourth-order valence-electron chi connectivity index (χ4n) is 2.51. The number of nitrogens with one attached hydrogen (secondary N) is 2. The number of piperidine rings is 1. The normalized spacial score (nSPS) is 18.9. The standard InChI is InChI=1S/C16H21N3O3S/c1-3-10-17-16(20)18-14-5-4-11-19(12-14)23(21,22)15-8-6-13(2)7-9-15/h1,6-9,14H,4-5,10-12H2,2H3,(H2,17,18,20). The number of hydrogen-bond acceptors (Lipinski definition) is 3. The van der Waals surface area contributed by atoms with Gasteiger partial charge in [-0.1, -0.05) is 23.6 Å². The predicted octanol–water partition coefficient (Wildman–Crippen LogP) is 1.08. The van der Waals surface area contributed by atoms with Crippen LogP contribution in [0.25, 0.3) is 0 Å². The fourth-order valence-corrected chi connectivity index (χ4v) is 4.03. The molecule has 1 aliphatic rings. The minimum Gasteiger partial charge on any atom is -0.334 e. The molecule has 1 fully saturated rings. The molecule has 124 valence electrons. The van der Waals surface area contributed by atoms with Gasteiger partial charge in [0, 0.05) is 19.1 Å². The molecule has 1 heterocycles. The lowest BCUT2D eigenvalue weighted by Gasteiger charge is -2.32. The number of aryl methyl sites for hydroxylation is 1. The number of hydrogen-bond donors (Lipinski definition) is 2. The van der Waals surface area contributed by atoms with E-state index < -0.39 is 10.0 Å². The summed E-state index contributed by atoms with van der Waals surface area (Å²) in [6.45, 7) is 2.77. The SMILES string of the molecule is C#CCNC(=O)NC1CCCN(S(=O)(=O)c2ccc(C)cc2)C1. The van der Waals surface area contributed by atoms with E-state index in [0.29, 0.717) is 13.0 Å². The first kappa shape index (κ1) is 17.3. The molecule has 1 unspecified atom stereocenters. The molecular weight excluding hydrogens is 314 g/mol. The lowest BCUT2D eigenvalue weighted by atomic mass is 10.1. The van der Waals surface area contributed by atoms with Crippen LogP contribution < -0.4 is 10.6 Å². The predicted molar refractivity (Wildman–Crippen MR) is 88.3 cm³/mol. The number of urea groups is 1. The molecule has 0 bridgehead atoms. The highest BCUT2D eigenvalue weighted by Gasteiger charge is 2.30. The van der Waals surface area contributed by atoms with Crippen LogP contribution in [0.1, 0.15) is 18.4 Å². The maximum atomic E-state index is 12.7. The Bertz CT molecular complexity index is 692. The minimum atomic E-state index is -3.54. The van der Waals surface area contributed by atoms with Crippen LogP contribution in [0.3, 0.4) is 0 Å². The van der Waals surface area contributed by atoms with Gasteiger partial charge in [-0.05, 0) is 31.9 Å². The highest BCUT2D eigenvalue weighted by Crippen LogP contribution is 2.21. The van der Waals surface area contributed by atoms with E-state index in [1.165, 1.54) is 4.31 Å². The zero-order chi connectivity index (χ0) is 16.9. The van der Waals surface area contributed by atoms with Crippen molar-refractivity contribution in [1.29, 1.82) is 0 Å². The Labute approximate surface area is 137 Å². The van der Waals surface area contributed by atoms with Crippen LogP contribution in [0.4, 0.5) is 4.79 Å². The number of carbonyl (C=O) groups excluding carboxylic acids is 1. The van der Waals surface area contributed by atoms with E-state index in [2.05, 4.69) is 16.6 Å². The quantitative estimate of drug-likeness (QED) is 0.808. The lowest BCUT2D eigenvalue weighted by molar-refractivity contribution is 0.227. The summed E-state index contributed by atoms with van der Waals surface area (Å²) < 4.78 is 26.8. The average Bonchev–Trinajstić information content (AvgIpc) is 2.53. The monoisotopic (exact) mass is 335 g/mol. The van der Waals surface area contributed by atoms with Crippen molar-refractivity contribution in [1.82, 2.24) is 14.9 Å². The van der Waals surface area contributed by atoms with E-state index in [0.717, 1.165) is 12.0 Å². The summed E-state index contributed by atoms with van der Waals surface area (Å²) in [5, 5.41) is 5.28. The highest BCUT2D eigenvalue weighted by molar-refractivity contribution is 7.89. The van der Waals surface area contributed by atoms with Gasteiger partial charge < -0.3 is 10.6 Å². The Morgan fingerprint density at radius 2 is 2.09 bits per heavy atom. The topological polar surface area (TPSA) is 78.5 Å². The van der Waals surface area contributed by atoms with Gasteiger partial charge in [-0.2, -0.15) is 4.31 Å². The van der Waals surface area contributed by atoms with Gasteiger partial charge in [0.2, 0.25) is 10.0 Å². The number of rotatable bonds is 4. The zero-order valence-corrected chi connectivity index (χ0v) is 13.9. The summed E-state index contributed by atoms with van der Waals surface area (Å²) in [7, 11) is -3.54. The van der Waals surface area contributed by atoms with Crippen LogP contribution in [0.15, 0.2) is 29.2 Å². The Morgan fingerprint density at radius 3 is 2.74 bits per heavy atom. The number of benzene rings is 1. The summed E-state index contributed by atoms with van der Waals surface area (Å²) >= 11 is 0. The van der Waals surface area contributed by atoms with E-state index in [9.17, 15) is 13.2 Å². The molecule has 0 radical (unpaired) electrons. The van der Waals surface area contributed by atoms with Gasteiger partial charge in [0.25, 0.3) is 0 Å². The van der Waals surface area contributed by atoms with Crippen molar-refractivity contribution in [2.45, 2.75) is 30.7 Å². The molecular formula is C16H21N3O3S. The van der Waals surface area contributed by atoms with Gasteiger partial charge in [0.05, 0.1) is 11.4 Å². The number of nitrogens with zero attached hydrogens (tertiary/aromatic N) is 1. The van der Waals surface area contributed by atoms with Crippen molar-refractivity contribution in [3.8, 4) is 12.3 Å². The summed E-state index contributed by atoms with van der Waals surface area (Å²) in [6, 6.07) is 6.19. The molecule has 0 spiro atoms. The van der Waals surface area contributed by atoms with Crippen molar-refractivity contribution in [3.63, 3.8) is 0 Å². The second-order valence-corrected chi connectivity index (χ2v) is 7.48. The molecule has 7 heteroatoms. The van der Waals surface area contributed by atoms with Crippen molar-refractivity contribution in [3.05, 3.63) is 29.8 Å². The molecule has 2 rings (SSSR count). The average molecular weight is 335 g/mol. The van der Waals surface area contributed by atoms with Gasteiger partial charge in [0.1, 0.15) is 0 Å². The van der Waals surface area contributed by atoms with Crippen LogP contribution in [0, 0.1) is 19.3 Å². The van der Waals surface area contributed by atoms with Crippen LogP contribution in [0.5, 0.6) is 0 Å². The van der Waals surface area contributed by atoms with Crippen LogP contribution in [-0.4, -0.2) is 44.4 Å². The summed E-state index contributed by atoms with van der Waals surface area (Å²) in [6.07, 6.45) is 6.52. The molecule has 6 nitrogen and oxygen atoms in total. The number of amides is 2. The summed E-state index contributed by atoms with van der Waals surface area (Å²) in [5.74, 6) is 2.32. The molecule has 1 saturated heterocycles. The zero-order valence-electron chi connectivity index (χ0n) is 13.1. The van der Waals surface area contributed by atoms with E-state index in [4.69, 9.17) is 6.42 Å². The maximum Gasteiger partial charge on any atom is 0.315 e. The van der Waals surface area contributed by atoms with Gasteiger partial charge in [-0.15, -0.1) is 6.42 Å². The highest BCUT2D eigenvalue weighted by atomic mass is 32.2. The van der Waals surface area contributed by atoms with E-state index in [1.54, 1.807) is 24.3 Å². The fraction of sp³-hybridized carbons (Fsp3) is 0.438. The molecule has 2 N–H and O–H groups in total. The molecule has 23 heavy (non-hydrogen) atoms. The maximum absolute atomic E-state index is 12.7. The van der Waals surface area contributed by atoms with E-state index in [-0.39, 0.29) is 30.1 Å². The van der Waals surface area contributed by atoms with Crippen molar-refractivity contribution >= 4 is 16.1 Å². The second-order valence-electron chi connectivity index (χ2n) is 5.55. The van der Waals surface area contributed by atoms with Crippen molar-refractivity contribution < 1.29 is 13.2 Å². The summed E-state index contributed by atoms with van der Waals surface area (Å²) in [5.41, 5.74) is 1.01. The molecule has 1 aliphatic heterocycles. The third-order valence-electron chi connectivity index (χ3n) is 3.73. The Morgan fingerprint density at radius 1 is 1.39 bits per heavy atom. The van der Waals surface area contributed by atoms with Crippen molar-refractivity contribution in [2.75, 3.05) is 19.6 Å². The van der Waals surface area contributed by atoms with Gasteiger partial charge >= 0.3 is 6.03 Å². The van der Waals surface area contributed by atoms with Crippen molar-refractivity contribution in [2.24, 2.45) is 0 Å². The molecule has 0 aliphatic carbocycles. The lowest BCUT2D eigenvalue weighted by Crippen LogP contribution is -2.51. The van der Waals surface area contributed by atoms with Gasteiger partial charge in [-0.3, -0.25) is 0 Å². The molecule has 1 atom stereocenters. The molecule has 0 aromatic heterocycles. The van der Waals surface area contributed by atoms with Crippen LogP contribution in [0.2, 0.25) is 0 Å². The largest absolute Gasteiger partial charge is 0.334 e. The number of sulfonamides is 1. The minimum absolute atomic E-state index is 0.143. The van der Waals surface area contributed by atoms with Crippen LogP contribution >= 0.6 is 0 Å². The first-order valence-corrected chi connectivity index (χ1v) is 8.92. The molecule has 2 amide bonds. The Hall–Kier alpha value is -2.04.